The zero-order chi connectivity index (χ0) is 18.5. The van der Waals surface area contributed by atoms with Gasteiger partial charge in [0.1, 0.15) is 17.4 Å². The number of carbonyl (C=O) groups is 1. The molecule has 1 saturated carbocycles. The summed E-state index contributed by atoms with van der Waals surface area (Å²) in [7, 11) is 0. The molecule has 0 amide bonds. The monoisotopic (exact) mass is 360 g/mol. The Hall–Kier alpha value is -2.27. The fraction of sp³-hybridized carbons (Fsp3) is 0.381. The smallest absolute Gasteiger partial charge is 0.314 e. The van der Waals surface area contributed by atoms with Crippen molar-refractivity contribution in [2.24, 2.45) is 5.92 Å². The van der Waals surface area contributed by atoms with Gasteiger partial charge in [-0.2, -0.15) is 0 Å². The van der Waals surface area contributed by atoms with Crippen molar-refractivity contribution in [3.63, 3.8) is 0 Å². The van der Waals surface area contributed by atoms with E-state index in [0.717, 1.165) is 25.7 Å². The van der Waals surface area contributed by atoms with E-state index in [1.807, 2.05) is 6.92 Å². The number of halogens is 2. The molecule has 0 N–H and O–H groups in total. The second kappa shape index (κ2) is 8.41. The lowest BCUT2D eigenvalue weighted by Crippen LogP contribution is -2.28. The summed E-state index contributed by atoms with van der Waals surface area (Å²) in [4.78, 5) is 12.3. The van der Waals surface area contributed by atoms with Gasteiger partial charge in [-0.15, -0.1) is 0 Å². The molecule has 0 bridgehead atoms. The van der Waals surface area contributed by atoms with Crippen molar-refractivity contribution in [3.8, 4) is 16.9 Å². The van der Waals surface area contributed by atoms with Crippen LogP contribution >= 0.6 is 0 Å². The Bertz CT molecular complexity index is 750. The van der Waals surface area contributed by atoms with Gasteiger partial charge in [0.15, 0.2) is 0 Å². The van der Waals surface area contributed by atoms with E-state index in [2.05, 4.69) is 0 Å². The van der Waals surface area contributed by atoms with Gasteiger partial charge in [0, 0.05) is 18.2 Å². The van der Waals surface area contributed by atoms with Crippen LogP contribution in [-0.4, -0.2) is 18.7 Å². The fourth-order valence-electron chi connectivity index (χ4n) is 3.32. The highest BCUT2D eigenvalue weighted by Gasteiger charge is 2.28. The topological polar surface area (TPSA) is 35.5 Å². The quantitative estimate of drug-likeness (QED) is 0.548. The van der Waals surface area contributed by atoms with Gasteiger partial charge in [0.25, 0.3) is 0 Å². The number of hydrogen-bond acceptors (Lipinski definition) is 3. The molecule has 2 aromatic rings. The molecule has 3 rings (SSSR count). The summed E-state index contributed by atoms with van der Waals surface area (Å²) in [6.07, 6.45) is 3.34. The average Bonchev–Trinajstić information content (AvgIpc) is 2.64. The Kier molecular flexibility index (Phi) is 5.99. The molecular weight excluding hydrogens is 338 g/mol. The van der Waals surface area contributed by atoms with Crippen molar-refractivity contribution in [3.05, 3.63) is 54.1 Å². The van der Waals surface area contributed by atoms with Crippen LogP contribution in [0.3, 0.4) is 0 Å². The predicted molar refractivity (Wildman–Crippen MR) is 94.8 cm³/mol. The largest absolute Gasteiger partial charge is 0.426 e. The van der Waals surface area contributed by atoms with Gasteiger partial charge in [-0.1, -0.05) is 12.1 Å². The third-order valence-corrected chi connectivity index (χ3v) is 4.72. The maximum absolute atomic E-state index is 14.4. The van der Waals surface area contributed by atoms with Crippen LogP contribution in [0.25, 0.3) is 11.1 Å². The van der Waals surface area contributed by atoms with Crippen molar-refractivity contribution in [2.45, 2.75) is 38.7 Å². The Morgan fingerprint density at radius 2 is 1.73 bits per heavy atom. The minimum absolute atomic E-state index is 0.174. The SMILES string of the molecule is CCOC1CCC(C(=O)Oc2ccc(-c3ccc(F)cc3)c(F)c2)CC1. The zero-order valence-electron chi connectivity index (χ0n) is 14.7. The highest BCUT2D eigenvalue weighted by Crippen LogP contribution is 2.30. The first kappa shape index (κ1) is 18.5. The van der Waals surface area contributed by atoms with Crippen molar-refractivity contribution in [1.29, 1.82) is 0 Å². The summed E-state index contributed by atoms with van der Waals surface area (Å²) >= 11 is 0. The van der Waals surface area contributed by atoms with Gasteiger partial charge in [-0.25, -0.2) is 8.78 Å². The Morgan fingerprint density at radius 1 is 1.04 bits per heavy atom. The van der Waals surface area contributed by atoms with Crippen LogP contribution in [0.5, 0.6) is 5.75 Å². The van der Waals surface area contributed by atoms with E-state index in [1.165, 1.54) is 36.4 Å². The Balaban J connectivity index is 1.63. The molecule has 0 heterocycles. The molecule has 0 spiro atoms. The van der Waals surface area contributed by atoms with Crippen molar-refractivity contribution >= 4 is 5.97 Å². The van der Waals surface area contributed by atoms with Crippen LogP contribution in [0.15, 0.2) is 42.5 Å². The molecule has 0 aromatic heterocycles. The molecule has 0 atom stereocenters. The first-order valence-electron chi connectivity index (χ1n) is 8.95. The van der Waals surface area contributed by atoms with E-state index in [0.29, 0.717) is 17.7 Å². The van der Waals surface area contributed by atoms with E-state index in [9.17, 15) is 13.6 Å². The van der Waals surface area contributed by atoms with Gasteiger partial charge >= 0.3 is 5.97 Å². The second-order valence-electron chi connectivity index (χ2n) is 6.50. The second-order valence-corrected chi connectivity index (χ2v) is 6.50. The van der Waals surface area contributed by atoms with Crippen LogP contribution in [0, 0.1) is 17.6 Å². The summed E-state index contributed by atoms with van der Waals surface area (Å²) in [6, 6.07) is 9.88. The minimum Gasteiger partial charge on any atom is -0.426 e. The summed E-state index contributed by atoms with van der Waals surface area (Å²) in [5.74, 6) is -1.20. The summed E-state index contributed by atoms with van der Waals surface area (Å²) in [5.41, 5.74) is 0.901. The van der Waals surface area contributed by atoms with Crippen LogP contribution in [-0.2, 0) is 9.53 Å². The van der Waals surface area contributed by atoms with E-state index in [-0.39, 0.29) is 29.6 Å². The lowest BCUT2D eigenvalue weighted by molar-refractivity contribution is -0.141. The van der Waals surface area contributed by atoms with E-state index < -0.39 is 5.82 Å². The first-order valence-corrected chi connectivity index (χ1v) is 8.95. The van der Waals surface area contributed by atoms with Crippen molar-refractivity contribution < 1.29 is 23.0 Å². The van der Waals surface area contributed by atoms with Gasteiger partial charge in [0.2, 0.25) is 0 Å². The Morgan fingerprint density at radius 3 is 2.35 bits per heavy atom. The number of benzene rings is 2. The summed E-state index contributed by atoms with van der Waals surface area (Å²) in [6.45, 7) is 2.64. The zero-order valence-corrected chi connectivity index (χ0v) is 14.7. The average molecular weight is 360 g/mol. The molecule has 26 heavy (non-hydrogen) atoms. The van der Waals surface area contributed by atoms with Crippen molar-refractivity contribution in [2.75, 3.05) is 6.61 Å². The molecule has 0 radical (unpaired) electrons. The number of rotatable bonds is 5. The normalized spacial score (nSPS) is 20.0. The number of carbonyl (C=O) groups excluding carboxylic acids is 1. The molecule has 2 aromatic carbocycles. The van der Waals surface area contributed by atoms with Crippen LogP contribution in [0.2, 0.25) is 0 Å². The summed E-state index contributed by atoms with van der Waals surface area (Å²) < 4.78 is 38.3. The molecule has 3 nitrogen and oxygen atoms in total. The molecule has 5 heteroatoms. The third kappa shape index (κ3) is 4.47. The van der Waals surface area contributed by atoms with Crippen LogP contribution in [0.1, 0.15) is 32.6 Å². The van der Waals surface area contributed by atoms with Crippen LogP contribution < -0.4 is 4.74 Å². The molecule has 0 saturated heterocycles. The minimum atomic E-state index is -0.512. The van der Waals surface area contributed by atoms with Gasteiger partial charge in [-0.3, -0.25) is 4.79 Å². The van der Waals surface area contributed by atoms with Crippen molar-refractivity contribution in [1.82, 2.24) is 0 Å². The third-order valence-electron chi connectivity index (χ3n) is 4.72. The lowest BCUT2D eigenvalue weighted by atomic mass is 9.87. The molecular formula is C21H22F2O3. The predicted octanol–water partition coefficient (Wildman–Crippen LogP) is 5.13. The molecule has 0 aliphatic heterocycles. The van der Waals surface area contributed by atoms with E-state index in [4.69, 9.17) is 9.47 Å². The van der Waals surface area contributed by atoms with Crippen LogP contribution in [0.4, 0.5) is 8.78 Å². The number of ether oxygens (including phenoxy) is 2. The molecule has 1 aliphatic rings. The highest BCUT2D eigenvalue weighted by atomic mass is 19.1. The lowest BCUT2D eigenvalue weighted by Gasteiger charge is -2.26. The number of esters is 1. The first-order chi connectivity index (χ1) is 12.6. The fourth-order valence-corrected chi connectivity index (χ4v) is 3.32. The summed E-state index contributed by atoms with van der Waals surface area (Å²) in [5, 5.41) is 0. The van der Waals surface area contributed by atoms with Gasteiger partial charge < -0.3 is 9.47 Å². The molecule has 1 fully saturated rings. The van der Waals surface area contributed by atoms with E-state index >= 15 is 0 Å². The standard InChI is InChI=1S/C21H22F2O3/c1-2-25-17-9-5-15(6-10-17)21(24)26-18-11-12-19(20(23)13-18)14-3-7-16(22)8-4-14/h3-4,7-8,11-13,15,17H,2,5-6,9-10H2,1H3. The maximum Gasteiger partial charge on any atom is 0.314 e. The van der Waals surface area contributed by atoms with E-state index in [1.54, 1.807) is 6.07 Å². The molecule has 1 aliphatic carbocycles. The highest BCUT2D eigenvalue weighted by molar-refractivity contribution is 5.75. The maximum atomic E-state index is 14.4. The Labute approximate surface area is 151 Å². The number of hydrogen-bond donors (Lipinski definition) is 0. The molecule has 0 unspecified atom stereocenters. The van der Waals surface area contributed by atoms with Gasteiger partial charge in [-0.05, 0) is 62.4 Å². The molecule has 138 valence electrons. The van der Waals surface area contributed by atoms with Gasteiger partial charge in [0.05, 0.1) is 12.0 Å².